The number of pyridine rings is 1. The molecule has 0 fully saturated rings. The number of hydrogen-bond acceptors (Lipinski definition) is 3. The highest BCUT2D eigenvalue weighted by molar-refractivity contribution is 5.82. The summed E-state index contributed by atoms with van der Waals surface area (Å²) in [7, 11) is 0. The lowest BCUT2D eigenvalue weighted by Crippen LogP contribution is -2.12. The van der Waals surface area contributed by atoms with Crippen molar-refractivity contribution in [2.24, 2.45) is 0 Å². The van der Waals surface area contributed by atoms with Gasteiger partial charge in [0, 0.05) is 29.2 Å². The van der Waals surface area contributed by atoms with Crippen molar-refractivity contribution in [1.29, 1.82) is 0 Å². The van der Waals surface area contributed by atoms with Crippen molar-refractivity contribution in [2.45, 2.75) is 13.5 Å². The summed E-state index contributed by atoms with van der Waals surface area (Å²) in [6.07, 6.45) is 3.50. The summed E-state index contributed by atoms with van der Waals surface area (Å²) in [5, 5.41) is 11.1. The summed E-state index contributed by atoms with van der Waals surface area (Å²) in [5.41, 5.74) is 7.59. The fourth-order valence-electron chi connectivity index (χ4n) is 3.35. The zero-order chi connectivity index (χ0) is 20.2. The second kappa shape index (κ2) is 8.10. The number of aromatic amines is 1. The second-order valence-electron chi connectivity index (χ2n) is 6.82. The van der Waals surface area contributed by atoms with Gasteiger partial charge < -0.3 is 5.32 Å². The number of H-pyrrole nitrogens is 1. The van der Waals surface area contributed by atoms with E-state index in [9.17, 15) is 4.39 Å². The van der Waals surface area contributed by atoms with E-state index in [1.807, 2.05) is 30.3 Å². The minimum atomic E-state index is -0.272. The van der Waals surface area contributed by atoms with E-state index in [-0.39, 0.29) is 5.82 Å². The Morgan fingerprint density at radius 2 is 1.72 bits per heavy atom. The minimum absolute atomic E-state index is 0.272. The largest absolute Gasteiger partial charge is 0.379 e. The summed E-state index contributed by atoms with van der Waals surface area (Å²) in [4.78, 5) is 4.11. The molecule has 0 amide bonds. The van der Waals surface area contributed by atoms with Crippen molar-refractivity contribution in [1.82, 2.24) is 20.5 Å². The molecule has 144 valence electrons. The average molecular weight is 384 g/mol. The number of rotatable bonds is 6. The lowest BCUT2D eigenvalue weighted by Gasteiger charge is -2.13. The summed E-state index contributed by atoms with van der Waals surface area (Å²) in [6, 6.07) is 18.4. The van der Waals surface area contributed by atoms with Gasteiger partial charge >= 0.3 is 0 Å². The van der Waals surface area contributed by atoms with Gasteiger partial charge in [0.05, 0.1) is 12.2 Å². The van der Waals surface area contributed by atoms with Crippen molar-refractivity contribution < 1.29 is 4.39 Å². The zero-order valence-corrected chi connectivity index (χ0v) is 16.1. The van der Waals surface area contributed by atoms with Crippen LogP contribution in [-0.4, -0.2) is 15.2 Å². The van der Waals surface area contributed by atoms with Crippen LogP contribution in [0.5, 0.6) is 0 Å². The van der Waals surface area contributed by atoms with Crippen molar-refractivity contribution >= 4 is 5.70 Å². The fraction of sp³-hybridized carbons (Fsp3) is 0.0833. The first kappa shape index (κ1) is 18.6. The highest BCUT2D eigenvalue weighted by Gasteiger charge is 2.17. The normalized spacial score (nSPS) is 10.7. The molecule has 2 heterocycles. The lowest BCUT2D eigenvalue weighted by atomic mass is 9.99. The molecule has 4 aromatic rings. The molecule has 4 nitrogen and oxygen atoms in total. The molecule has 0 aliphatic rings. The van der Waals surface area contributed by atoms with Crippen LogP contribution in [0.1, 0.15) is 16.8 Å². The molecule has 5 heteroatoms. The Hall–Kier alpha value is -3.73. The van der Waals surface area contributed by atoms with Crippen LogP contribution >= 0.6 is 0 Å². The minimum Gasteiger partial charge on any atom is -0.379 e. The number of benzene rings is 2. The summed E-state index contributed by atoms with van der Waals surface area (Å²) in [5.74, 6) is -0.272. The van der Waals surface area contributed by atoms with Crippen LogP contribution in [0.4, 0.5) is 4.39 Å². The van der Waals surface area contributed by atoms with E-state index < -0.39 is 0 Å². The van der Waals surface area contributed by atoms with Crippen molar-refractivity contribution in [3.63, 3.8) is 0 Å². The summed E-state index contributed by atoms with van der Waals surface area (Å²) >= 11 is 0. The smallest absolute Gasteiger partial charge is 0.123 e. The lowest BCUT2D eigenvalue weighted by molar-refractivity contribution is 0.628. The quantitative estimate of drug-likeness (QED) is 0.471. The van der Waals surface area contributed by atoms with Gasteiger partial charge in [0.15, 0.2) is 0 Å². The van der Waals surface area contributed by atoms with Crippen LogP contribution in [-0.2, 0) is 6.54 Å². The van der Waals surface area contributed by atoms with Crippen LogP contribution in [0.15, 0.2) is 79.6 Å². The molecule has 0 aliphatic heterocycles. The molecule has 0 unspecified atom stereocenters. The first-order valence-electron chi connectivity index (χ1n) is 9.36. The zero-order valence-electron chi connectivity index (χ0n) is 16.1. The van der Waals surface area contributed by atoms with Gasteiger partial charge in [-0.1, -0.05) is 30.8 Å². The molecule has 0 atom stereocenters. The molecular formula is C24H21FN4. The van der Waals surface area contributed by atoms with Gasteiger partial charge in [0.2, 0.25) is 0 Å². The van der Waals surface area contributed by atoms with Gasteiger partial charge in [-0.15, -0.1) is 0 Å². The number of aryl methyl sites for hydroxylation is 1. The maximum atomic E-state index is 13.4. The first-order chi connectivity index (χ1) is 14.1. The van der Waals surface area contributed by atoms with E-state index in [1.165, 1.54) is 12.1 Å². The van der Waals surface area contributed by atoms with Gasteiger partial charge in [-0.05, 0) is 60.0 Å². The molecule has 0 spiro atoms. The monoisotopic (exact) mass is 384 g/mol. The molecule has 29 heavy (non-hydrogen) atoms. The molecule has 0 radical (unpaired) electrons. The predicted octanol–water partition coefficient (Wildman–Crippen LogP) is 5.35. The van der Waals surface area contributed by atoms with Crippen molar-refractivity contribution in [3.8, 4) is 22.4 Å². The fourth-order valence-corrected chi connectivity index (χ4v) is 3.35. The van der Waals surface area contributed by atoms with E-state index in [4.69, 9.17) is 0 Å². The number of hydrogen-bond donors (Lipinski definition) is 2. The summed E-state index contributed by atoms with van der Waals surface area (Å²) < 4.78 is 13.4. The highest BCUT2D eigenvalue weighted by atomic mass is 19.1. The third-order valence-corrected chi connectivity index (χ3v) is 4.88. The van der Waals surface area contributed by atoms with Crippen LogP contribution < -0.4 is 5.32 Å². The maximum Gasteiger partial charge on any atom is 0.123 e. The third-order valence-electron chi connectivity index (χ3n) is 4.88. The Kier molecular flexibility index (Phi) is 5.20. The SMILES string of the molecule is C=C(NCc1[nH]nc(-c2ccc(F)cc2)c1-c1ccncc1)c1ccccc1C. The maximum absolute atomic E-state index is 13.4. The van der Waals surface area contributed by atoms with Crippen molar-refractivity contribution in [2.75, 3.05) is 0 Å². The molecule has 0 bridgehead atoms. The second-order valence-corrected chi connectivity index (χ2v) is 6.82. The number of nitrogens with zero attached hydrogens (tertiary/aromatic N) is 2. The number of nitrogens with one attached hydrogen (secondary N) is 2. The Bertz CT molecular complexity index is 1130. The molecular weight excluding hydrogens is 363 g/mol. The van der Waals surface area contributed by atoms with E-state index >= 15 is 0 Å². The number of aromatic nitrogens is 3. The molecule has 4 rings (SSSR count). The first-order valence-corrected chi connectivity index (χ1v) is 9.36. The Morgan fingerprint density at radius 1 is 1.00 bits per heavy atom. The van der Waals surface area contributed by atoms with Crippen LogP contribution in [0.2, 0.25) is 0 Å². The van der Waals surface area contributed by atoms with E-state index in [2.05, 4.69) is 40.1 Å². The number of halogens is 1. The van der Waals surface area contributed by atoms with E-state index in [0.29, 0.717) is 6.54 Å². The molecule has 0 saturated carbocycles. The molecule has 0 saturated heterocycles. The Morgan fingerprint density at radius 3 is 2.45 bits per heavy atom. The summed E-state index contributed by atoms with van der Waals surface area (Å²) in [6.45, 7) is 6.77. The third kappa shape index (κ3) is 3.94. The molecule has 0 aliphatic carbocycles. The van der Waals surface area contributed by atoms with Crippen LogP contribution in [0.3, 0.4) is 0 Å². The van der Waals surface area contributed by atoms with Gasteiger partial charge in [-0.25, -0.2) is 4.39 Å². The van der Waals surface area contributed by atoms with Gasteiger partial charge in [0.25, 0.3) is 0 Å². The molecule has 2 aromatic carbocycles. The highest BCUT2D eigenvalue weighted by Crippen LogP contribution is 2.33. The van der Waals surface area contributed by atoms with Gasteiger partial charge in [-0.2, -0.15) is 5.10 Å². The Labute approximate surface area is 169 Å². The predicted molar refractivity (Wildman–Crippen MR) is 114 cm³/mol. The van der Waals surface area contributed by atoms with E-state index in [1.54, 1.807) is 24.5 Å². The van der Waals surface area contributed by atoms with Crippen LogP contribution in [0.25, 0.3) is 28.1 Å². The van der Waals surface area contributed by atoms with Crippen LogP contribution in [0, 0.1) is 12.7 Å². The standard InChI is InChI=1S/C24H21FN4/c1-16-5-3-4-6-21(16)17(2)27-15-22-23(18-11-13-26-14-12-18)24(29-28-22)19-7-9-20(25)10-8-19/h3-14,27H,2,15H2,1H3,(H,28,29). The van der Waals surface area contributed by atoms with Gasteiger partial charge in [0.1, 0.15) is 11.5 Å². The Balaban J connectivity index is 1.68. The molecule has 2 aromatic heterocycles. The topological polar surface area (TPSA) is 53.6 Å². The van der Waals surface area contributed by atoms with Gasteiger partial charge in [-0.3, -0.25) is 10.1 Å². The van der Waals surface area contributed by atoms with E-state index in [0.717, 1.165) is 44.9 Å². The molecule has 2 N–H and O–H groups in total. The van der Waals surface area contributed by atoms with Crippen molar-refractivity contribution in [3.05, 3.63) is 102 Å². The average Bonchev–Trinajstić information content (AvgIpc) is 3.17.